The van der Waals surface area contributed by atoms with Crippen molar-refractivity contribution in [2.24, 2.45) is 17.6 Å². The molecule has 3 heterocycles. The molecule has 2 aromatic rings. The Hall–Kier alpha value is -3.23. The van der Waals surface area contributed by atoms with Crippen LogP contribution in [0, 0.1) is 18.8 Å². The molecule has 4 unspecified atom stereocenters. The topological polar surface area (TPSA) is 122 Å². The summed E-state index contributed by atoms with van der Waals surface area (Å²) in [5.41, 5.74) is 6.51. The smallest absolute Gasteiger partial charge is 0.250 e. The minimum atomic E-state index is -1.48. The van der Waals surface area contributed by atoms with E-state index in [1.807, 2.05) is 30.3 Å². The Kier molecular flexibility index (Phi) is 4.61. The molecule has 4 atom stereocenters. The fraction of sp³-hybridized carbons (Fsp3) is 0.304. The summed E-state index contributed by atoms with van der Waals surface area (Å²) >= 11 is 6.25. The van der Waals surface area contributed by atoms with Gasteiger partial charge < -0.3 is 11.1 Å². The number of rotatable bonds is 4. The highest BCUT2D eigenvalue weighted by molar-refractivity contribution is 6.32. The molecule has 2 fully saturated rings. The van der Waals surface area contributed by atoms with Crippen molar-refractivity contribution in [3.05, 3.63) is 64.2 Å². The van der Waals surface area contributed by atoms with E-state index in [0.717, 1.165) is 5.56 Å². The second-order valence-electron chi connectivity index (χ2n) is 8.53. The van der Waals surface area contributed by atoms with Crippen LogP contribution in [0.4, 0.5) is 5.69 Å². The van der Waals surface area contributed by atoms with Crippen molar-refractivity contribution in [1.29, 1.82) is 0 Å². The maximum Gasteiger partial charge on any atom is 0.250 e. The molecule has 2 aromatic carbocycles. The van der Waals surface area contributed by atoms with E-state index >= 15 is 0 Å². The number of nitrogens with one attached hydrogen (secondary N) is 2. The highest BCUT2D eigenvalue weighted by atomic mass is 35.5. The summed E-state index contributed by atoms with van der Waals surface area (Å²) in [5.74, 6) is -3.80. The third kappa shape index (κ3) is 2.73. The van der Waals surface area contributed by atoms with Gasteiger partial charge in [-0.25, -0.2) is 0 Å². The summed E-state index contributed by atoms with van der Waals surface area (Å²) in [6.45, 7) is 1.87. The summed E-state index contributed by atoms with van der Waals surface area (Å²) in [6, 6.07) is 11.8. The van der Waals surface area contributed by atoms with Gasteiger partial charge in [-0.05, 0) is 24.1 Å². The zero-order valence-corrected chi connectivity index (χ0v) is 18.0. The van der Waals surface area contributed by atoms with Crippen molar-refractivity contribution in [1.82, 2.24) is 10.2 Å². The number of amides is 4. The number of halogens is 1. The Labute approximate surface area is 189 Å². The third-order valence-corrected chi connectivity index (χ3v) is 7.19. The van der Waals surface area contributed by atoms with E-state index in [-0.39, 0.29) is 13.0 Å². The molecule has 0 radical (unpaired) electrons. The Balaban J connectivity index is 1.63. The van der Waals surface area contributed by atoms with Crippen LogP contribution < -0.4 is 16.4 Å². The maximum atomic E-state index is 13.6. The maximum absolute atomic E-state index is 13.6. The molecular formula is C23H21ClN4O4. The van der Waals surface area contributed by atoms with Crippen molar-refractivity contribution in [3.63, 3.8) is 0 Å². The van der Waals surface area contributed by atoms with Gasteiger partial charge >= 0.3 is 0 Å². The monoisotopic (exact) mass is 452 g/mol. The predicted octanol–water partition coefficient (Wildman–Crippen LogP) is 1.44. The molecule has 4 amide bonds. The van der Waals surface area contributed by atoms with Gasteiger partial charge in [0.1, 0.15) is 5.54 Å². The first-order valence-electron chi connectivity index (χ1n) is 10.3. The van der Waals surface area contributed by atoms with E-state index in [0.29, 0.717) is 21.8 Å². The zero-order valence-electron chi connectivity index (χ0n) is 17.2. The van der Waals surface area contributed by atoms with Crippen molar-refractivity contribution in [2.45, 2.75) is 31.5 Å². The van der Waals surface area contributed by atoms with Crippen molar-refractivity contribution in [3.8, 4) is 0 Å². The average Bonchev–Trinajstić information content (AvgIpc) is 3.32. The number of carbonyl (C=O) groups excluding carboxylic acids is 4. The number of imide groups is 1. The predicted molar refractivity (Wildman–Crippen MR) is 116 cm³/mol. The van der Waals surface area contributed by atoms with E-state index in [2.05, 4.69) is 10.6 Å². The largest absolute Gasteiger partial charge is 0.370 e. The van der Waals surface area contributed by atoms with E-state index in [4.69, 9.17) is 17.3 Å². The summed E-state index contributed by atoms with van der Waals surface area (Å²) < 4.78 is 0. The zero-order chi connectivity index (χ0) is 22.8. The number of nitrogens with zero attached hydrogens (tertiary/aromatic N) is 1. The molecule has 3 aliphatic heterocycles. The highest BCUT2D eigenvalue weighted by Crippen LogP contribution is 2.54. The van der Waals surface area contributed by atoms with Gasteiger partial charge in [0.25, 0.3) is 0 Å². The van der Waals surface area contributed by atoms with Crippen LogP contribution in [-0.4, -0.2) is 34.6 Å². The number of benzene rings is 2. The van der Waals surface area contributed by atoms with Gasteiger partial charge in [0, 0.05) is 23.0 Å². The van der Waals surface area contributed by atoms with E-state index in [9.17, 15) is 19.2 Å². The Morgan fingerprint density at radius 2 is 1.84 bits per heavy atom. The van der Waals surface area contributed by atoms with Crippen LogP contribution in [-0.2, 0) is 31.3 Å². The molecule has 5 rings (SSSR count). The third-order valence-electron chi connectivity index (χ3n) is 6.78. The molecule has 164 valence electrons. The minimum Gasteiger partial charge on any atom is -0.370 e. The summed E-state index contributed by atoms with van der Waals surface area (Å²) in [6.07, 6.45) is -0.170. The van der Waals surface area contributed by atoms with Gasteiger partial charge in [0.15, 0.2) is 0 Å². The number of likely N-dealkylation sites (tertiary alicyclic amines) is 1. The number of fused-ring (bicyclic) bond motifs is 4. The van der Waals surface area contributed by atoms with Crippen LogP contribution >= 0.6 is 11.6 Å². The van der Waals surface area contributed by atoms with Crippen molar-refractivity contribution < 1.29 is 19.2 Å². The first-order chi connectivity index (χ1) is 15.3. The highest BCUT2D eigenvalue weighted by Gasteiger charge is 2.70. The van der Waals surface area contributed by atoms with Gasteiger partial charge in [-0.1, -0.05) is 48.0 Å². The second-order valence-corrected chi connectivity index (χ2v) is 8.94. The number of primary amides is 1. The SMILES string of the molecule is Cc1c(Cl)ccc2c1NC(=O)C21NC(CC(N)=O)C2C(=O)N(Cc3ccccc3)C(=O)C21. The lowest BCUT2D eigenvalue weighted by Crippen LogP contribution is -2.53. The number of anilines is 1. The molecule has 3 aliphatic rings. The summed E-state index contributed by atoms with van der Waals surface area (Å²) in [5, 5.41) is 6.49. The molecule has 0 saturated carbocycles. The van der Waals surface area contributed by atoms with Gasteiger partial charge in [0.2, 0.25) is 23.6 Å². The quantitative estimate of drug-likeness (QED) is 0.606. The number of hydrogen-bond acceptors (Lipinski definition) is 5. The Morgan fingerprint density at radius 3 is 2.53 bits per heavy atom. The fourth-order valence-electron chi connectivity index (χ4n) is 5.36. The van der Waals surface area contributed by atoms with E-state index in [1.54, 1.807) is 19.1 Å². The number of carbonyl (C=O) groups is 4. The molecule has 4 N–H and O–H groups in total. The molecule has 0 aromatic heterocycles. The first-order valence-corrected chi connectivity index (χ1v) is 10.7. The second kappa shape index (κ2) is 7.15. The fourth-order valence-corrected chi connectivity index (χ4v) is 5.52. The van der Waals surface area contributed by atoms with Crippen LogP contribution in [0.2, 0.25) is 5.02 Å². The molecular weight excluding hydrogens is 432 g/mol. The normalized spacial score (nSPS) is 28.2. The van der Waals surface area contributed by atoms with Crippen LogP contribution in [0.1, 0.15) is 23.1 Å². The molecule has 8 nitrogen and oxygen atoms in total. The lowest BCUT2D eigenvalue weighted by molar-refractivity contribution is -0.143. The Morgan fingerprint density at radius 1 is 1.12 bits per heavy atom. The van der Waals surface area contributed by atoms with Gasteiger partial charge in [0.05, 0.1) is 24.1 Å². The van der Waals surface area contributed by atoms with Gasteiger partial charge in [-0.15, -0.1) is 0 Å². The average molecular weight is 453 g/mol. The minimum absolute atomic E-state index is 0.0962. The molecule has 0 bridgehead atoms. The van der Waals surface area contributed by atoms with Crippen LogP contribution in [0.5, 0.6) is 0 Å². The molecule has 2 saturated heterocycles. The lowest BCUT2D eigenvalue weighted by Gasteiger charge is -2.29. The van der Waals surface area contributed by atoms with Crippen LogP contribution in [0.3, 0.4) is 0 Å². The van der Waals surface area contributed by atoms with Gasteiger partial charge in [-0.2, -0.15) is 0 Å². The molecule has 0 aliphatic carbocycles. The standard InChI is InChI=1S/C23H21ClN4O4/c1-11-14(24)8-7-13-19(11)26-22(32)23(13)18-17(15(27-23)9-16(25)29)20(30)28(21(18)31)10-12-5-3-2-4-6-12/h2-8,15,17-18,27H,9-10H2,1H3,(H2,25,29)(H,26,32). The van der Waals surface area contributed by atoms with Crippen LogP contribution in [0.15, 0.2) is 42.5 Å². The van der Waals surface area contributed by atoms with Gasteiger partial charge in [-0.3, -0.25) is 29.4 Å². The lowest BCUT2D eigenvalue weighted by atomic mass is 9.76. The Bertz CT molecular complexity index is 1180. The van der Waals surface area contributed by atoms with Crippen molar-refractivity contribution >= 4 is 40.9 Å². The van der Waals surface area contributed by atoms with Crippen molar-refractivity contribution in [2.75, 3.05) is 5.32 Å². The first kappa shape index (κ1) is 20.7. The molecule has 9 heteroatoms. The number of hydrogen-bond donors (Lipinski definition) is 3. The molecule has 32 heavy (non-hydrogen) atoms. The van der Waals surface area contributed by atoms with E-state index in [1.165, 1.54) is 4.90 Å². The molecule has 1 spiro atoms. The van der Waals surface area contributed by atoms with E-state index < -0.39 is 47.0 Å². The van der Waals surface area contributed by atoms with Crippen LogP contribution in [0.25, 0.3) is 0 Å². The summed E-state index contributed by atoms with van der Waals surface area (Å²) in [7, 11) is 0. The summed E-state index contributed by atoms with van der Waals surface area (Å²) in [4.78, 5) is 53.5. The number of nitrogens with two attached hydrogens (primary N) is 1.